The number of carboxylic acids is 1. The minimum atomic E-state index is -0.771. The zero-order valence-corrected chi connectivity index (χ0v) is 13.3. The molecule has 1 fully saturated rings. The SMILES string of the molecule is O=C(O)CSCC1CCN(C(=O)OCc2ccccc2)CC1. The summed E-state index contributed by atoms with van der Waals surface area (Å²) in [5.41, 5.74) is 0.982. The number of carboxylic acid groups (broad SMARTS) is 1. The first kappa shape index (κ1) is 16.7. The molecule has 1 aliphatic rings. The number of carbonyl (C=O) groups excluding carboxylic acids is 1. The van der Waals surface area contributed by atoms with Gasteiger partial charge in [0.2, 0.25) is 0 Å². The first-order chi connectivity index (χ1) is 10.6. The van der Waals surface area contributed by atoms with Crippen LogP contribution in [0.1, 0.15) is 18.4 Å². The van der Waals surface area contributed by atoms with Gasteiger partial charge in [-0.2, -0.15) is 0 Å². The van der Waals surface area contributed by atoms with E-state index in [-0.39, 0.29) is 11.8 Å². The maximum atomic E-state index is 12.0. The van der Waals surface area contributed by atoms with E-state index in [1.165, 1.54) is 11.8 Å². The van der Waals surface area contributed by atoms with Crippen LogP contribution in [0.3, 0.4) is 0 Å². The molecule has 0 saturated carbocycles. The van der Waals surface area contributed by atoms with Crippen molar-refractivity contribution in [1.82, 2.24) is 4.90 Å². The van der Waals surface area contributed by atoms with E-state index in [2.05, 4.69) is 0 Å². The van der Waals surface area contributed by atoms with Crippen molar-refractivity contribution in [3.05, 3.63) is 35.9 Å². The Balaban J connectivity index is 1.65. The summed E-state index contributed by atoms with van der Waals surface area (Å²) in [5.74, 6) is 0.716. The van der Waals surface area contributed by atoms with Crippen LogP contribution < -0.4 is 0 Å². The predicted molar refractivity (Wildman–Crippen MR) is 85.9 cm³/mol. The largest absolute Gasteiger partial charge is 0.481 e. The van der Waals surface area contributed by atoms with Crippen LogP contribution in [0.25, 0.3) is 0 Å². The third-order valence-electron chi connectivity index (χ3n) is 3.66. The van der Waals surface area contributed by atoms with Gasteiger partial charge in [-0.15, -0.1) is 11.8 Å². The minimum Gasteiger partial charge on any atom is -0.481 e. The standard InChI is InChI=1S/C16H21NO4S/c18-15(19)12-22-11-14-6-8-17(9-7-14)16(20)21-10-13-4-2-1-3-5-13/h1-5,14H,6-12H2,(H,18,19). The Labute approximate surface area is 134 Å². The van der Waals surface area contributed by atoms with Gasteiger partial charge in [0.25, 0.3) is 0 Å². The lowest BCUT2D eigenvalue weighted by atomic mass is 9.99. The first-order valence-electron chi connectivity index (χ1n) is 7.40. The van der Waals surface area contributed by atoms with Crippen molar-refractivity contribution in [2.24, 2.45) is 5.92 Å². The van der Waals surface area contributed by atoms with E-state index < -0.39 is 5.97 Å². The average molecular weight is 323 g/mol. The molecule has 1 amide bonds. The number of ether oxygens (including phenoxy) is 1. The number of thioether (sulfide) groups is 1. The summed E-state index contributed by atoms with van der Waals surface area (Å²) in [5, 5.41) is 8.62. The first-order valence-corrected chi connectivity index (χ1v) is 8.56. The van der Waals surface area contributed by atoms with Crippen LogP contribution in [0.2, 0.25) is 0 Å². The van der Waals surface area contributed by atoms with Crippen molar-refractivity contribution in [3.8, 4) is 0 Å². The molecule has 0 radical (unpaired) electrons. The predicted octanol–water partition coefficient (Wildman–Crippen LogP) is 2.85. The quantitative estimate of drug-likeness (QED) is 0.872. The maximum Gasteiger partial charge on any atom is 0.410 e. The van der Waals surface area contributed by atoms with E-state index in [4.69, 9.17) is 9.84 Å². The molecule has 0 aromatic heterocycles. The molecule has 6 heteroatoms. The fourth-order valence-electron chi connectivity index (χ4n) is 2.41. The number of carbonyl (C=O) groups is 2. The van der Waals surface area contributed by atoms with Crippen molar-refractivity contribution in [3.63, 3.8) is 0 Å². The minimum absolute atomic E-state index is 0.152. The van der Waals surface area contributed by atoms with E-state index in [0.29, 0.717) is 25.6 Å². The highest BCUT2D eigenvalue weighted by Crippen LogP contribution is 2.22. The lowest BCUT2D eigenvalue weighted by molar-refractivity contribution is -0.133. The number of hydrogen-bond acceptors (Lipinski definition) is 4. The van der Waals surface area contributed by atoms with E-state index in [9.17, 15) is 9.59 Å². The third kappa shape index (κ3) is 5.60. The van der Waals surface area contributed by atoms with Crippen LogP contribution in [0.4, 0.5) is 4.79 Å². The molecule has 22 heavy (non-hydrogen) atoms. The molecular weight excluding hydrogens is 302 g/mol. The zero-order valence-electron chi connectivity index (χ0n) is 12.4. The van der Waals surface area contributed by atoms with Crippen molar-refractivity contribution in [1.29, 1.82) is 0 Å². The Bertz CT molecular complexity index is 486. The van der Waals surface area contributed by atoms with E-state index in [0.717, 1.165) is 24.2 Å². The summed E-state index contributed by atoms with van der Waals surface area (Å²) in [6.45, 7) is 1.67. The average Bonchev–Trinajstić information content (AvgIpc) is 2.54. The molecule has 1 aromatic carbocycles. The van der Waals surface area contributed by atoms with Gasteiger partial charge < -0.3 is 14.7 Å². The summed E-state index contributed by atoms with van der Waals surface area (Å²) in [7, 11) is 0. The van der Waals surface area contributed by atoms with Gasteiger partial charge in [0.05, 0.1) is 5.75 Å². The lowest BCUT2D eigenvalue weighted by Crippen LogP contribution is -2.39. The number of aliphatic carboxylic acids is 1. The number of rotatable bonds is 6. The second-order valence-corrected chi connectivity index (χ2v) is 6.41. The molecule has 0 unspecified atom stereocenters. The topological polar surface area (TPSA) is 66.8 Å². The highest BCUT2D eigenvalue weighted by molar-refractivity contribution is 7.99. The summed E-state index contributed by atoms with van der Waals surface area (Å²) >= 11 is 1.45. The van der Waals surface area contributed by atoms with Crippen LogP contribution in [0, 0.1) is 5.92 Å². The number of amides is 1. The number of likely N-dealkylation sites (tertiary alicyclic amines) is 1. The van der Waals surface area contributed by atoms with Crippen molar-refractivity contribution in [2.75, 3.05) is 24.6 Å². The summed E-state index contributed by atoms with van der Waals surface area (Å²) in [6.07, 6.45) is 1.56. The summed E-state index contributed by atoms with van der Waals surface area (Å²) in [4.78, 5) is 24.2. The number of piperidine rings is 1. The Kier molecular flexibility index (Phi) is 6.58. The van der Waals surface area contributed by atoms with Crippen LogP contribution >= 0.6 is 11.8 Å². The molecule has 0 spiro atoms. The van der Waals surface area contributed by atoms with Crippen molar-refractivity contribution >= 4 is 23.8 Å². The van der Waals surface area contributed by atoms with Gasteiger partial charge in [-0.25, -0.2) is 4.79 Å². The molecule has 0 aliphatic carbocycles. The summed E-state index contributed by atoms with van der Waals surface area (Å²) < 4.78 is 5.32. The van der Waals surface area contributed by atoms with Crippen molar-refractivity contribution < 1.29 is 19.4 Å². The van der Waals surface area contributed by atoms with Gasteiger partial charge in [-0.1, -0.05) is 30.3 Å². The molecule has 1 heterocycles. The van der Waals surface area contributed by atoms with E-state index >= 15 is 0 Å². The maximum absolute atomic E-state index is 12.0. The molecular formula is C16H21NO4S. The zero-order chi connectivity index (χ0) is 15.8. The molecule has 1 N–H and O–H groups in total. The van der Waals surface area contributed by atoms with Gasteiger partial charge in [0.1, 0.15) is 6.61 Å². The normalized spacial score (nSPS) is 15.5. The molecule has 5 nitrogen and oxygen atoms in total. The van der Waals surface area contributed by atoms with E-state index in [1.54, 1.807) is 4.90 Å². The van der Waals surface area contributed by atoms with Gasteiger partial charge in [-0.3, -0.25) is 4.79 Å². The monoisotopic (exact) mass is 323 g/mol. The smallest absolute Gasteiger partial charge is 0.410 e. The van der Waals surface area contributed by atoms with Gasteiger partial charge >= 0.3 is 12.1 Å². The summed E-state index contributed by atoms with van der Waals surface area (Å²) in [6, 6.07) is 9.63. The lowest BCUT2D eigenvalue weighted by Gasteiger charge is -2.31. The molecule has 1 aromatic rings. The van der Waals surface area contributed by atoms with Gasteiger partial charge in [-0.05, 0) is 30.1 Å². The Morgan fingerprint density at radius 1 is 1.23 bits per heavy atom. The molecule has 120 valence electrons. The fraction of sp³-hybridized carbons (Fsp3) is 0.500. The van der Waals surface area contributed by atoms with Crippen LogP contribution in [-0.4, -0.2) is 46.7 Å². The second-order valence-electron chi connectivity index (χ2n) is 5.38. The Morgan fingerprint density at radius 3 is 2.55 bits per heavy atom. The molecule has 1 saturated heterocycles. The number of nitrogens with zero attached hydrogens (tertiary/aromatic N) is 1. The Hall–Kier alpha value is -1.69. The highest BCUT2D eigenvalue weighted by Gasteiger charge is 2.23. The molecule has 2 rings (SSSR count). The van der Waals surface area contributed by atoms with Crippen LogP contribution in [0.15, 0.2) is 30.3 Å². The fourth-order valence-corrected chi connectivity index (χ4v) is 3.36. The van der Waals surface area contributed by atoms with E-state index in [1.807, 2.05) is 30.3 Å². The molecule has 1 aliphatic heterocycles. The second kappa shape index (κ2) is 8.68. The Morgan fingerprint density at radius 2 is 1.91 bits per heavy atom. The highest BCUT2D eigenvalue weighted by atomic mass is 32.2. The van der Waals surface area contributed by atoms with Gasteiger partial charge in [0.15, 0.2) is 0 Å². The van der Waals surface area contributed by atoms with Gasteiger partial charge in [0, 0.05) is 13.1 Å². The van der Waals surface area contributed by atoms with Crippen molar-refractivity contribution in [2.45, 2.75) is 19.4 Å². The van der Waals surface area contributed by atoms with Crippen LogP contribution in [-0.2, 0) is 16.1 Å². The number of benzene rings is 1. The van der Waals surface area contributed by atoms with Crippen LogP contribution in [0.5, 0.6) is 0 Å². The number of hydrogen-bond donors (Lipinski definition) is 1. The molecule has 0 atom stereocenters. The third-order valence-corrected chi connectivity index (χ3v) is 4.82. The molecule has 0 bridgehead atoms.